The molecule has 1 saturated carbocycles. The van der Waals surface area contributed by atoms with Gasteiger partial charge in [-0.15, -0.1) is 0 Å². The van der Waals surface area contributed by atoms with Crippen LogP contribution < -0.4 is 10.6 Å². The van der Waals surface area contributed by atoms with E-state index in [0.717, 1.165) is 12.2 Å². The van der Waals surface area contributed by atoms with Crippen LogP contribution in [0.2, 0.25) is 0 Å². The van der Waals surface area contributed by atoms with Crippen molar-refractivity contribution < 1.29 is 14.0 Å². The molecule has 2 N–H and O–H groups in total. The van der Waals surface area contributed by atoms with Crippen LogP contribution in [-0.4, -0.2) is 16.8 Å². The van der Waals surface area contributed by atoms with Crippen LogP contribution in [0.3, 0.4) is 0 Å². The molecule has 2 heterocycles. The van der Waals surface area contributed by atoms with E-state index in [4.69, 9.17) is 4.42 Å². The van der Waals surface area contributed by atoms with Crippen molar-refractivity contribution in [2.75, 3.05) is 10.6 Å². The number of hydrogen-bond donors (Lipinski definition) is 2. The fourth-order valence-corrected chi connectivity index (χ4v) is 2.90. The maximum Gasteiger partial charge on any atom is 0.256 e. The van der Waals surface area contributed by atoms with Gasteiger partial charge in [-0.2, -0.15) is 0 Å². The molecular weight excluding hydrogens is 330 g/mol. The number of furan rings is 1. The molecule has 0 aliphatic heterocycles. The summed E-state index contributed by atoms with van der Waals surface area (Å²) >= 11 is 0. The lowest BCUT2D eigenvalue weighted by molar-refractivity contribution is -0.117. The number of anilines is 2. The summed E-state index contributed by atoms with van der Waals surface area (Å²) in [6, 6.07) is 15.8. The second kappa shape index (κ2) is 6.84. The lowest BCUT2D eigenvalue weighted by atomic mass is 10.1. The SMILES string of the molecule is O=C(Nc1ccccn1)c1cccc(NC(=O)C2CC2c2ccco2)c1. The number of benzene rings is 1. The Labute approximate surface area is 150 Å². The normalized spacial score (nSPS) is 18.2. The molecule has 0 bridgehead atoms. The van der Waals surface area contributed by atoms with Gasteiger partial charge in [-0.05, 0) is 48.9 Å². The van der Waals surface area contributed by atoms with E-state index in [-0.39, 0.29) is 23.7 Å². The Bertz CT molecular complexity index is 922. The Morgan fingerprint density at radius 3 is 2.73 bits per heavy atom. The van der Waals surface area contributed by atoms with Crippen LogP contribution in [0.25, 0.3) is 0 Å². The molecule has 2 atom stereocenters. The van der Waals surface area contributed by atoms with E-state index in [1.807, 2.05) is 12.1 Å². The van der Waals surface area contributed by atoms with Crippen LogP contribution in [0.15, 0.2) is 71.5 Å². The molecule has 1 fully saturated rings. The Hall–Kier alpha value is -3.41. The number of pyridine rings is 1. The molecule has 0 spiro atoms. The van der Waals surface area contributed by atoms with Gasteiger partial charge in [0.25, 0.3) is 5.91 Å². The number of rotatable bonds is 5. The Morgan fingerprint density at radius 2 is 1.96 bits per heavy atom. The smallest absolute Gasteiger partial charge is 0.256 e. The predicted octanol–water partition coefficient (Wildman–Crippen LogP) is 3.67. The van der Waals surface area contributed by atoms with E-state index in [1.54, 1.807) is 54.9 Å². The molecule has 6 heteroatoms. The number of amides is 2. The second-order valence-corrected chi connectivity index (χ2v) is 6.20. The number of nitrogens with zero attached hydrogens (tertiary/aromatic N) is 1. The molecule has 2 aromatic heterocycles. The van der Waals surface area contributed by atoms with Crippen LogP contribution in [0.4, 0.5) is 11.5 Å². The van der Waals surface area contributed by atoms with Crippen molar-refractivity contribution in [3.63, 3.8) is 0 Å². The third-order valence-electron chi connectivity index (χ3n) is 4.33. The minimum Gasteiger partial charge on any atom is -0.469 e. The molecule has 1 aliphatic carbocycles. The third-order valence-corrected chi connectivity index (χ3v) is 4.33. The average Bonchev–Trinajstić information content (AvgIpc) is 3.28. The van der Waals surface area contributed by atoms with Crippen molar-refractivity contribution in [3.05, 3.63) is 78.4 Å². The molecule has 2 unspecified atom stereocenters. The number of carbonyl (C=O) groups excluding carboxylic acids is 2. The second-order valence-electron chi connectivity index (χ2n) is 6.20. The van der Waals surface area contributed by atoms with Gasteiger partial charge in [0, 0.05) is 29.3 Å². The van der Waals surface area contributed by atoms with Crippen molar-refractivity contribution in [3.8, 4) is 0 Å². The number of nitrogens with one attached hydrogen (secondary N) is 2. The highest BCUT2D eigenvalue weighted by molar-refractivity contribution is 6.05. The van der Waals surface area contributed by atoms with E-state index in [2.05, 4.69) is 15.6 Å². The van der Waals surface area contributed by atoms with Gasteiger partial charge in [0.15, 0.2) is 0 Å². The van der Waals surface area contributed by atoms with Crippen molar-refractivity contribution in [1.82, 2.24) is 4.98 Å². The van der Waals surface area contributed by atoms with Gasteiger partial charge >= 0.3 is 0 Å². The predicted molar refractivity (Wildman–Crippen MR) is 96.8 cm³/mol. The molecule has 4 rings (SSSR count). The average molecular weight is 347 g/mol. The molecule has 130 valence electrons. The van der Waals surface area contributed by atoms with Crippen LogP contribution in [0.5, 0.6) is 0 Å². The molecule has 2 amide bonds. The van der Waals surface area contributed by atoms with Crippen LogP contribution in [0, 0.1) is 5.92 Å². The quantitative estimate of drug-likeness (QED) is 0.737. The molecular formula is C20H17N3O3. The largest absolute Gasteiger partial charge is 0.469 e. The summed E-state index contributed by atoms with van der Waals surface area (Å²) in [6.07, 6.45) is 4.00. The maximum atomic E-state index is 12.4. The molecule has 1 aromatic carbocycles. The van der Waals surface area contributed by atoms with E-state index in [9.17, 15) is 9.59 Å². The first-order valence-electron chi connectivity index (χ1n) is 8.37. The molecule has 0 radical (unpaired) electrons. The standard InChI is InChI=1S/C20H17N3O3/c24-19(23-18-8-1-2-9-21-18)13-5-3-6-14(11-13)22-20(25)16-12-15(16)17-7-4-10-26-17/h1-11,15-16H,12H2,(H,22,25)(H,21,23,24). The first kappa shape index (κ1) is 16.1. The van der Waals surface area contributed by atoms with Crippen LogP contribution in [-0.2, 0) is 4.79 Å². The van der Waals surface area contributed by atoms with Gasteiger partial charge in [0.1, 0.15) is 11.6 Å². The first-order chi connectivity index (χ1) is 12.7. The van der Waals surface area contributed by atoms with Gasteiger partial charge in [0.2, 0.25) is 5.91 Å². The molecule has 1 aliphatic rings. The van der Waals surface area contributed by atoms with Gasteiger partial charge < -0.3 is 15.1 Å². The first-order valence-corrected chi connectivity index (χ1v) is 8.37. The van der Waals surface area contributed by atoms with Crippen LogP contribution >= 0.6 is 0 Å². The fourth-order valence-electron chi connectivity index (χ4n) is 2.90. The van der Waals surface area contributed by atoms with Gasteiger partial charge in [-0.1, -0.05) is 12.1 Å². The highest BCUT2D eigenvalue weighted by Crippen LogP contribution is 2.48. The van der Waals surface area contributed by atoms with E-state index >= 15 is 0 Å². The summed E-state index contributed by atoms with van der Waals surface area (Å²) in [6.45, 7) is 0. The maximum absolute atomic E-state index is 12.4. The lowest BCUT2D eigenvalue weighted by Crippen LogP contribution is -2.16. The highest BCUT2D eigenvalue weighted by Gasteiger charge is 2.45. The Balaban J connectivity index is 1.40. The lowest BCUT2D eigenvalue weighted by Gasteiger charge is -2.08. The summed E-state index contributed by atoms with van der Waals surface area (Å²) in [7, 11) is 0. The van der Waals surface area contributed by atoms with Crippen molar-refractivity contribution in [2.24, 2.45) is 5.92 Å². The Morgan fingerprint density at radius 1 is 1.04 bits per heavy atom. The van der Waals surface area contributed by atoms with E-state index < -0.39 is 0 Å². The molecule has 0 saturated heterocycles. The van der Waals surface area contributed by atoms with Crippen molar-refractivity contribution >= 4 is 23.3 Å². The summed E-state index contributed by atoms with van der Waals surface area (Å²) in [5.74, 6) is 1.03. The van der Waals surface area contributed by atoms with Gasteiger partial charge in [-0.25, -0.2) is 4.98 Å². The Kier molecular flexibility index (Phi) is 4.23. The van der Waals surface area contributed by atoms with Crippen LogP contribution in [0.1, 0.15) is 28.5 Å². The summed E-state index contributed by atoms with van der Waals surface area (Å²) < 4.78 is 5.36. The monoisotopic (exact) mass is 347 g/mol. The van der Waals surface area contributed by atoms with Crippen molar-refractivity contribution in [2.45, 2.75) is 12.3 Å². The number of aromatic nitrogens is 1. The molecule has 3 aromatic rings. The summed E-state index contributed by atoms with van der Waals surface area (Å²) in [5, 5.41) is 5.60. The minimum absolute atomic E-state index is 0.0614. The third kappa shape index (κ3) is 3.49. The molecule has 6 nitrogen and oxygen atoms in total. The number of hydrogen-bond acceptors (Lipinski definition) is 4. The van der Waals surface area contributed by atoms with Crippen molar-refractivity contribution in [1.29, 1.82) is 0 Å². The highest BCUT2D eigenvalue weighted by atomic mass is 16.3. The number of carbonyl (C=O) groups is 2. The van der Waals surface area contributed by atoms with Gasteiger partial charge in [-0.3, -0.25) is 9.59 Å². The zero-order chi connectivity index (χ0) is 17.9. The summed E-state index contributed by atoms with van der Waals surface area (Å²) in [5.41, 5.74) is 1.04. The van der Waals surface area contributed by atoms with E-state index in [0.29, 0.717) is 17.1 Å². The van der Waals surface area contributed by atoms with Gasteiger partial charge in [0.05, 0.1) is 6.26 Å². The topological polar surface area (TPSA) is 84.2 Å². The van der Waals surface area contributed by atoms with E-state index in [1.165, 1.54) is 0 Å². The summed E-state index contributed by atoms with van der Waals surface area (Å²) in [4.78, 5) is 28.8. The molecule has 26 heavy (non-hydrogen) atoms. The fraction of sp³-hybridized carbons (Fsp3) is 0.150. The minimum atomic E-state index is -0.278. The zero-order valence-electron chi connectivity index (χ0n) is 13.9. The zero-order valence-corrected chi connectivity index (χ0v) is 13.9.